The van der Waals surface area contributed by atoms with Crippen LogP contribution < -0.4 is 0 Å². The van der Waals surface area contributed by atoms with E-state index in [0.29, 0.717) is 12.0 Å². The number of nitrogens with zero attached hydrogens (tertiary/aromatic N) is 2. The van der Waals surface area contributed by atoms with Crippen molar-refractivity contribution in [2.24, 2.45) is 0 Å². The van der Waals surface area contributed by atoms with Gasteiger partial charge >= 0.3 is 5.97 Å². The predicted octanol–water partition coefficient (Wildman–Crippen LogP) is 1.25. The van der Waals surface area contributed by atoms with Gasteiger partial charge < -0.3 is 5.11 Å². The van der Waals surface area contributed by atoms with Crippen LogP contribution in [-0.4, -0.2) is 42.3 Å². The molecule has 9 heteroatoms. The Morgan fingerprint density at radius 3 is 2.52 bits per heavy atom. The fourth-order valence-electron chi connectivity index (χ4n) is 1.73. The maximum atomic E-state index is 12.4. The van der Waals surface area contributed by atoms with Gasteiger partial charge in [-0.2, -0.15) is 0 Å². The molecule has 0 radical (unpaired) electrons. The topological polar surface area (TPSA) is 118 Å². The van der Waals surface area contributed by atoms with Crippen molar-refractivity contribution in [1.82, 2.24) is 4.31 Å². The Balaban J connectivity index is 3.25. The first-order chi connectivity index (χ1) is 9.70. The summed E-state index contributed by atoms with van der Waals surface area (Å²) in [6.07, 6.45) is 0.0471. The van der Waals surface area contributed by atoms with Crippen LogP contribution in [0.5, 0.6) is 0 Å². The number of aryl methyl sites for hydroxylation is 1. The third-order valence-electron chi connectivity index (χ3n) is 2.97. The minimum absolute atomic E-state index is 0.160. The van der Waals surface area contributed by atoms with Crippen LogP contribution in [0.15, 0.2) is 23.1 Å². The van der Waals surface area contributed by atoms with E-state index in [4.69, 9.17) is 5.11 Å². The molecule has 0 unspecified atom stereocenters. The van der Waals surface area contributed by atoms with E-state index in [0.717, 1.165) is 10.4 Å². The van der Waals surface area contributed by atoms with Crippen LogP contribution in [0.25, 0.3) is 0 Å². The van der Waals surface area contributed by atoms with E-state index in [2.05, 4.69) is 0 Å². The van der Waals surface area contributed by atoms with Crippen molar-refractivity contribution in [3.8, 4) is 0 Å². The van der Waals surface area contributed by atoms with Crippen molar-refractivity contribution in [2.75, 3.05) is 13.6 Å². The molecular formula is C12H16N2O6S. The van der Waals surface area contributed by atoms with E-state index in [1.54, 1.807) is 6.92 Å². The van der Waals surface area contributed by atoms with Gasteiger partial charge in [-0.05, 0) is 12.0 Å². The highest BCUT2D eigenvalue weighted by Gasteiger charge is 2.26. The van der Waals surface area contributed by atoms with Gasteiger partial charge in [0.25, 0.3) is 5.69 Å². The van der Waals surface area contributed by atoms with Gasteiger partial charge in [0.2, 0.25) is 10.0 Å². The summed E-state index contributed by atoms with van der Waals surface area (Å²) in [5, 5.41) is 19.4. The second-order valence-electron chi connectivity index (χ2n) is 4.37. The number of hydrogen-bond acceptors (Lipinski definition) is 5. The largest absolute Gasteiger partial charge is 0.481 e. The molecule has 0 aliphatic carbocycles. The molecule has 0 bridgehead atoms. The fourth-order valence-corrected chi connectivity index (χ4v) is 3.21. The van der Waals surface area contributed by atoms with E-state index in [1.165, 1.54) is 19.2 Å². The minimum Gasteiger partial charge on any atom is -0.481 e. The molecule has 0 saturated carbocycles. The summed E-state index contributed by atoms with van der Waals surface area (Å²) in [6.45, 7) is 1.53. The fraction of sp³-hybridized carbons (Fsp3) is 0.417. The molecule has 1 N–H and O–H groups in total. The molecule has 0 atom stereocenters. The zero-order valence-electron chi connectivity index (χ0n) is 11.6. The average molecular weight is 316 g/mol. The van der Waals surface area contributed by atoms with Gasteiger partial charge in [0.15, 0.2) is 0 Å². The molecule has 0 aliphatic rings. The van der Waals surface area contributed by atoms with Crippen LogP contribution in [0, 0.1) is 10.1 Å². The number of nitro benzene ring substituents is 1. The number of non-ortho nitro benzene ring substituents is 1. The molecule has 1 rings (SSSR count). The van der Waals surface area contributed by atoms with E-state index in [-0.39, 0.29) is 23.5 Å². The number of carbonyl (C=O) groups is 1. The van der Waals surface area contributed by atoms with Crippen molar-refractivity contribution in [2.45, 2.75) is 24.7 Å². The maximum absolute atomic E-state index is 12.4. The third-order valence-corrected chi connectivity index (χ3v) is 4.91. The Morgan fingerprint density at radius 2 is 2.05 bits per heavy atom. The van der Waals surface area contributed by atoms with Gasteiger partial charge in [0.05, 0.1) is 16.2 Å². The van der Waals surface area contributed by atoms with Crippen molar-refractivity contribution in [3.05, 3.63) is 33.9 Å². The summed E-state index contributed by atoms with van der Waals surface area (Å²) in [6, 6.07) is 3.65. The van der Waals surface area contributed by atoms with Crippen molar-refractivity contribution in [1.29, 1.82) is 0 Å². The van der Waals surface area contributed by atoms with Gasteiger partial charge in [-0.15, -0.1) is 0 Å². The van der Waals surface area contributed by atoms with Gasteiger partial charge in [-0.25, -0.2) is 12.7 Å². The van der Waals surface area contributed by atoms with Crippen LogP contribution in [0.4, 0.5) is 5.69 Å². The van der Waals surface area contributed by atoms with Gasteiger partial charge in [0, 0.05) is 25.7 Å². The molecule has 1 aromatic rings. The number of rotatable bonds is 7. The summed E-state index contributed by atoms with van der Waals surface area (Å²) in [5.74, 6) is -1.12. The highest BCUT2D eigenvalue weighted by molar-refractivity contribution is 7.89. The van der Waals surface area contributed by atoms with Crippen molar-refractivity contribution < 1.29 is 23.2 Å². The number of hydrogen-bond donors (Lipinski definition) is 1. The Hall–Kier alpha value is -2.00. The molecule has 0 amide bonds. The third kappa shape index (κ3) is 3.99. The zero-order chi connectivity index (χ0) is 16.2. The molecule has 0 fully saturated rings. The van der Waals surface area contributed by atoms with Gasteiger partial charge in [-0.1, -0.05) is 13.0 Å². The lowest BCUT2D eigenvalue weighted by Gasteiger charge is -2.18. The highest BCUT2D eigenvalue weighted by Crippen LogP contribution is 2.25. The van der Waals surface area contributed by atoms with E-state index in [9.17, 15) is 23.3 Å². The number of nitro groups is 1. The predicted molar refractivity (Wildman–Crippen MR) is 74.5 cm³/mol. The quantitative estimate of drug-likeness (QED) is 0.597. The maximum Gasteiger partial charge on any atom is 0.304 e. The molecule has 21 heavy (non-hydrogen) atoms. The smallest absolute Gasteiger partial charge is 0.304 e. The van der Waals surface area contributed by atoms with E-state index < -0.39 is 20.9 Å². The number of aliphatic carboxylic acids is 1. The lowest BCUT2D eigenvalue weighted by molar-refractivity contribution is -0.385. The van der Waals surface area contributed by atoms with Crippen LogP contribution >= 0.6 is 0 Å². The first-order valence-electron chi connectivity index (χ1n) is 6.15. The molecule has 0 spiro atoms. The normalized spacial score (nSPS) is 11.6. The number of carboxylic acid groups (broad SMARTS) is 1. The lowest BCUT2D eigenvalue weighted by atomic mass is 10.1. The van der Waals surface area contributed by atoms with Crippen LogP contribution in [0.1, 0.15) is 18.9 Å². The Bertz CT molecular complexity index is 656. The Morgan fingerprint density at radius 1 is 1.43 bits per heavy atom. The summed E-state index contributed by atoms with van der Waals surface area (Å²) >= 11 is 0. The summed E-state index contributed by atoms with van der Waals surface area (Å²) in [4.78, 5) is 20.5. The van der Waals surface area contributed by atoms with E-state index in [1.807, 2.05) is 0 Å². The van der Waals surface area contributed by atoms with Gasteiger partial charge in [-0.3, -0.25) is 14.9 Å². The Kier molecular flexibility index (Phi) is 5.39. The molecule has 1 aromatic carbocycles. The molecule has 0 aliphatic heterocycles. The second-order valence-corrected chi connectivity index (χ2v) is 6.39. The number of carboxylic acids is 1. The zero-order valence-corrected chi connectivity index (χ0v) is 12.5. The molecule has 8 nitrogen and oxygen atoms in total. The Labute approximate surface area is 122 Å². The van der Waals surface area contributed by atoms with Crippen LogP contribution in [-0.2, 0) is 21.2 Å². The standard InChI is InChI=1S/C12H16N2O6S/c1-3-9-4-5-10(14(17)18)8-11(9)21(19,20)13(2)7-6-12(15)16/h4-5,8H,3,6-7H2,1-2H3,(H,15,16). The number of benzene rings is 1. The highest BCUT2D eigenvalue weighted by atomic mass is 32.2. The first kappa shape index (κ1) is 17.1. The first-order valence-corrected chi connectivity index (χ1v) is 7.59. The summed E-state index contributed by atoms with van der Waals surface area (Å²) in [7, 11) is -2.72. The SMILES string of the molecule is CCc1ccc([N+](=O)[O-])cc1S(=O)(=O)N(C)CCC(=O)O. The molecule has 116 valence electrons. The monoisotopic (exact) mass is 316 g/mol. The van der Waals surface area contributed by atoms with Crippen molar-refractivity contribution >= 4 is 21.7 Å². The minimum atomic E-state index is -3.97. The molecule has 0 heterocycles. The van der Waals surface area contributed by atoms with Crippen molar-refractivity contribution in [3.63, 3.8) is 0 Å². The average Bonchev–Trinajstić information content (AvgIpc) is 2.43. The second kappa shape index (κ2) is 6.64. The lowest BCUT2D eigenvalue weighted by Crippen LogP contribution is -2.30. The summed E-state index contributed by atoms with van der Waals surface area (Å²) < 4.78 is 25.7. The van der Waals surface area contributed by atoms with E-state index >= 15 is 0 Å². The molecular weight excluding hydrogens is 300 g/mol. The summed E-state index contributed by atoms with van der Waals surface area (Å²) in [5.41, 5.74) is 0.125. The molecule has 0 aromatic heterocycles. The molecule has 0 saturated heterocycles. The van der Waals surface area contributed by atoms with Crippen LogP contribution in [0.3, 0.4) is 0 Å². The number of sulfonamides is 1. The van der Waals surface area contributed by atoms with Gasteiger partial charge in [0.1, 0.15) is 0 Å². The van der Waals surface area contributed by atoms with Crippen LogP contribution in [0.2, 0.25) is 0 Å².